The minimum absolute atomic E-state index is 0.208. The van der Waals surface area contributed by atoms with Crippen molar-refractivity contribution in [1.29, 1.82) is 0 Å². The van der Waals surface area contributed by atoms with Crippen LogP contribution < -0.4 is 9.47 Å². The quantitative estimate of drug-likeness (QED) is 0.600. The summed E-state index contributed by atoms with van der Waals surface area (Å²) in [4.78, 5) is 14.4. The molecule has 3 rings (SSSR count). The lowest BCUT2D eigenvalue weighted by Crippen LogP contribution is -2.06. The molecule has 1 aromatic rings. The van der Waals surface area contributed by atoms with Gasteiger partial charge in [-0.25, -0.2) is 4.79 Å². The first-order valence-electron chi connectivity index (χ1n) is 5.36. The van der Waals surface area contributed by atoms with E-state index in [-0.39, 0.29) is 6.79 Å². The lowest BCUT2D eigenvalue weighted by molar-refractivity contribution is 0.173. The van der Waals surface area contributed by atoms with Crippen LogP contribution in [0.5, 0.6) is 11.5 Å². The highest BCUT2D eigenvalue weighted by atomic mass is 35.5. The van der Waals surface area contributed by atoms with Crippen molar-refractivity contribution in [3.8, 4) is 11.5 Å². The molecule has 0 radical (unpaired) electrons. The molecule has 0 unspecified atom stereocenters. The molecule has 0 atom stereocenters. The Hall–Kier alpha value is -1.51. The number of rotatable bonds is 2. The van der Waals surface area contributed by atoms with E-state index >= 15 is 0 Å². The van der Waals surface area contributed by atoms with E-state index in [9.17, 15) is 4.79 Å². The van der Waals surface area contributed by atoms with Crippen molar-refractivity contribution in [2.75, 3.05) is 6.79 Å². The van der Waals surface area contributed by atoms with Crippen molar-refractivity contribution in [3.05, 3.63) is 22.2 Å². The summed E-state index contributed by atoms with van der Waals surface area (Å²) in [6.45, 7) is 2.12. The molecule has 4 nitrogen and oxygen atoms in total. The number of fused-ring (bicyclic) bond motifs is 1. The maximum atomic E-state index is 10.5. The second kappa shape index (κ2) is 3.49. The fourth-order valence-corrected chi connectivity index (χ4v) is 2.78. The molecular weight excluding hydrogens is 242 g/mol. The number of nitrogens with zero attached hydrogens (tertiary/aromatic N) is 1. The number of hydrogen-bond acceptors (Lipinski definition) is 4. The molecule has 0 N–H and O–H groups in total. The molecule has 1 heterocycles. The second-order valence-electron chi connectivity index (χ2n) is 4.33. The van der Waals surface area contributed by atoms with Gasteiger partial charge >= 0.3 is 0 Å². The molecule has 0 spiro atoms. The highest BCUT2D eigenvalue weighted by Crippen LogP contribution is 2.55. The van der Waals surface area contributed by atoms with Crippen LogP contribution in [0.4, 0.5) is 0 Å². The SMILES string of the molecule is Cc1c2c(cc(Cl)c1C1(N=C=O)CC1)OCO2. The summed E-state index contributed by atoms with van der Waals surface area (Å²) in [5, 5.41) is 0.572. The summed E-state index contributed by atoms with van der Waals surface area (Å²) in [6.07, 6.45) is 3.28. The van der Waals surface area contributed by atoms with Gasteiger partial charge in [0.25, 0.3) is 0 Å². The van der Waals surface area contributed by atoms with Gasteiger partial charge in [0.05, 0.1) is 5.02 Å². The first kappa shape index (κ1) is 10.6. The molecule has 1 saturated carbocycles. The Bertz CT molecular complexity index is 545. The minimum atomic E-state index is -0.482. The van der Waals surface area contributed by atoms with Crippen molar-refractivity contribution >= 4 is 17.7 Å². The molecule has 17 heavy (non-hydrogen) atoms. The number of benzene rings is 1. The average Bonchev–Trinajstić information content (AvgIpc) is 2.89. The zero-order valence-corrected chi connectivity index (χ0v) is 10.0. The minimum Gasteiger partial charge on any atom is -0.454 e. The Morgan fingerprint density at radius 3 is 2.88 bits per heavy atom. The normalized spacial score (nSPS) is 18.7. The van der Waals surface area contributed by atoms with E-state index in [0.29, 0.717) is 16.5 Å². The van der Waals surface area contributed by atoms with Gasteiger partial charge in [0.15, 0.2) is 11.5 Å². The van der Waals surface area contributed by atoms with Crippen LogP contribution in [0.3, 0.4) is 0 Å². The topological polar surface area (TPSA) is 47.9 Å². The second-order valence-corrected chi connectivity index (χ2v) is 4.73. The first-order chi connectivity index (χ1) is 8.18. The third-order valence-electron chi connectivity index (χ3n) is 3.30. The van der Waals surface area contributed by atoms with E-state index in [2.05, 4.69) is 4.99 Å². The van der Waals surface area contributed by atoms with E-state index in [4.69, 9.17) is 21.1 Å². The highest BCUT2D eigenvalue weighted by molar-refractivity contribution is 6.32. The molecule has 1 aliphatic carbocycles. The summed E-state index contributed by atoms with van der Waals surface area (Å²) in [7, 11) is 0. The molecule has 2 aliphatic rings. The number of carbonyl (C=O) groups excluding carboxylic acids is 1. The molecule has 5 heteroatoms. The van der Waals surface area contributed by atoms with E-state index in [1.54, 1.807) is 12.1 Å². The molecule has 1 fully saturated rings. The molecule has 0 saturated heterocycles. The fraction of sp³-hybridized carbons (Fsp3) is 0.417. The summed E-state index contributed by atoms with van der Waals surface area (Å²) in [5.74, 6) is 1.36. The number of isocyanates is 1. The van der Waals surface area contributed by atoms with Crippen LogP contribution in [0.15, 0.2) is 11.1 Å². The van der Waals surface area contributed by atoms with Crippen LogP contribution in [0, 0.1) is 6.92 Å². The Kier molecular flexibility index (Phi) is 2.18. The fourth-order valence-electron chi connectivity index (χ4n) is 2.36. The third-order valence-corrected chi connectivity index (χ3v) is 3.60. The van der Waals surface area contributed by atoms with Crippen LogP contribution in [0.1, 0.15) is 24.0 Å². The Balaban J connectivity index is 2.21. The largest absolute Gasteiger partial charge is 0.454 e. The maximum absolute atomic E-state index is 10.5. The lowest BCUT2D eigenvalue weighted by atomic mass is 9.98. The number of aliphatic imine (C=N–C) groups is 1. The third kappa shape index (κ3) is 1.45. The molecule has 88 valence electrons. The standard InChI is InChI=1S/C12H10ClNO3/c1-7-10(12(2-3-12)14-5-15)8(13)4-9-11(7)17-6-16-9/h4H,2-3,6H2,1H3. The zero-order valence-electron chi connectivity index (χ0n) is 9.25. The van der Waals surface area contributed by atoms with E-state index < -0.39 is 5.54 Å². The molecule has 1 aromatic carbocycles. The van der Waals surface area contributed by atoms with Gasteiger partial charge in [0, 0.05) is 17.2 Å². The predicted molar refractivity (Wildman–Crippen MR) is 61.3 cm³/mol. The lowest BCUT2D eigenvalue weighted by Gasteiger charge is -2.15. The summed E-state index contributed by atoms with van der Waals surface area (Å²) < 4.78 is 10.7. The van der Waals surface area contributed by atoms with Gasteiger partial charge in [0.1, 0.15) is 5.54 Å². The van der Waals surface area contributed by atoms with Crippen LogP contribution in [-0.2, 0) is 10.3 Å². The van der Waals surface area contributed by atoms with Crippen molar-refractivity contribution < 1.29 is 14.3 Å². The Morgan fingerprint density at radius 2 is 2.24 bits per heavy atom. The van der Waals surface area contributed by atoms with Crippen LogP contribution in [-0.4, -0.2) is 12.9 Å². The summed E-state index contributed by atoms with van der Waals surface area (Å²) in [6, 6.07) is 1.73. The summed E-state index contributed by atoms with van der Waals surface area (Å²) in [5.41, 5.74) is 1.29. The van der Waals surface area contributed by atoms with E-state index in [1.165, 1.54) is 0 Å². The van der Waals surface area contributed by atoms with Gasteiger partial charge in [-0.2, -0.15) is 4.99 Å². The van der Waals surface area contributed by atoms with Crippen molar-refractivity contribution in [2.24, 2.45) is 4.99 Å². The maximum Gasteiger partial charge on any atom is 0.235 e. The summed E-state index contributed by atoms with van der Waals surface area (Å²) >= 11 is 6.25. The zero-order chi connectivity index (χ0) is 12.0. The molecule has 0 aromatic heterocycles. The number of halogens is 1. The Labute approximate surface area is 103 Å². The molecular formula is C12H10ClNO3. The van der Waals surface area contributed by atoms with Crippen molar-refractivity contribution in [1.82, 2.24) is 0 Å². The van der Waals surface area contributed by atoms with Gasteiger partial charge in [-0.1, -0.05) is 11.6 Å². The van der Waals surface area contributed by atoms with Gasteiger partial charge in [-0.3, -0.25) is 0 Å². The van der Waals surface area contributed by atoms with E-state index in [1.807, 2.05) is 6.92 Å². The van der Waals surface area contributed by atoms with Crippen molar-refractivity contribution in [3.63, 3.8) is 0 Å². The van der Waals surface area contributed by atoms with Gasteiger partial charge in [0.2, 0.25) is 12.9 Å². The van der Waals surface area contributed by atoms with Crippen LogP contribution in [0.25, 0.3) is 0 Å². The number of ether oxygens (including phenoxy) is 2. The first-order valence-corrected chi connectivity index (χ1v) is 5.74. The highest BCUT2D eigenvalue weighted by Gasteiger charge is 2.48. The monoisotopic (exact) mass is 251 g/mol. The molecule has 1 aliphatic heterocycles. The van der Waals surface area contributed by atoms with Gasteiger partial charge in [-0.15, -0.1) is 0 Å². The molecule has 0 amide bonds. The smallest absolute Gasteiger partial charge is 0.235 e. The van der Waals surface area contributed by atoms with Crippen LogP contribution >= 0.6 is 11.6 Å². The number of hydrogen-bond donors (Lipinski definition) is 0. The van der Waals surface area contributed by atoms with Crippen LogP contribution in [0.2, 0.25) is 5.02 Å². The van der Waals surface area contributed by atoms with Gasteiger partial charge in [-0.05, 0) is 19.8 Å². The average molecular weight is 252 g/mol. The Morgan fingerprint density at radius 1 is 1.47 bits per heavy atom. The predicted octanol–water partition coefficient (Wildman–Crippen LogP) is 2.70. The van der Waals surface area contributed by atoms with Gasteiger partial charge < -0.3 is 9.47 Å². The van der Waals surface area contributed by atoms with E-state index in [0.717, 1.165) is 24.0 Å². The molecule has 0 bridgehead atoms. The van der Waals surface area contributed by atoms with Crippen molar-refractivity contribution in [2.45, 2.75) is 25.3 Å².